The first-order valence-corrected chi connectivity index (χ1v) is 8.81. The van der Waals surface area contributed by atoms with Crippen molar-refractivity contribution in [2.75, 3.05) is 16.0 Å². The molecule has 0 aliphatic rings. The highest BCUT2D eigenvalue weighted by atomic mass is 16.1. The molecule has 28 heavy (non-hydrogen) atoms. The Hall–Kier alpha value is -4.04. The topological polar surface area (TPSA) is 77.0 Å². The van der Waals surface area contributed by atoms with E-state index in [-0.39, 0.29) is 5.57 Å². The largest absolute Gasteiger partial charge is 0.360 e. The van der Waals surface area contributed by atoms with Gasteiger partial charge in [-0.15, -0.1) is 0 Å². The summed E-state index contributed by atoms with van der Waals surface area (Å²) in [6.45, 7) is 1.90. The summed E-state index contributed by atoms with van der Waals surface area (Å²) < 4.78 is 0. The maximum absolute atomic E-state index is 12.3. The first-order valence-electron chi connectivity index (χ1n) is 8.81. The summed E-state index contributed by atoms with van der Waals surface area (Å²) in [7, 11) is 0. The van der Waals surface area contributed by atoms with Crippen molar-refractivity contribution in [3.63, 3.8) is 0 Å². The fraction of sp³-hybridized carbons (Fsp3) is 0.0435. The van der Waals surface area contributed by atoms with Crippen LogP contribution in [0.1, 0.15) is 5.56 Å². The highest BCUT2D eigenvalue weighted by molar-refractivity contribution is 6.07. The molecule has 0 saturated carbocycles. The van der Waals surface area contributed by atoms with Gasteiger partial charge in [0.05, 0.1) is 0 Å². The van der Waals surface area contributed by atoms with Gasteiger partial charge in [0.25, 0.3) is 5.91 Å². The smallest absolute Gasteiger partial charge is 0.267 e. The summed E-state index contributed by atoms with van der Waals surface area (Å²) in [5, 5.41) is 18.3. The van der Waals surface area contributed by atoms with Gasteiger partial charge >= 0.3 is 0 Å². The van der Waals surface area contributed by atoms with Crippen molar-refractivity contribution < 1.29 is 4.79 Å². The fourth-order valence-corrected chi connectivity index (χ4v) is 2.54. The molecule has 0 radical (unpaired) electrons. The van der Waals surface area contributed by atoms with Crippen LogP contribution < -0.4 is 16.0 Å². The molecular weight excluding hydrogens is 348 g/mol. The van der Waals surface area contributed by atoms with Crippen LogP contribution in [0.15, 0.2) is 90.6 Å². The number of hydrogen-bond donors (Lipinski definition) is 3. The van der Waals surface area contributed by atoms with Gasteiger partial charge < -0.3 is 16.0 Å². The number of anilines is 4. The van der Waals surface area contributed by atoms with Crippen LogP contribution in [0.3, 0.4) is 0 Å². The predicted molar refractivity (Wildman–Crippen MR) is 113 cm³/mol. The third-order valence-corrected chi connectivity index (χ3v) is 4.09. The van der Waals surface area contributed by atoms with Gasteiger partial charge in [-0.2, -0.15) is 5.26 Å². The minimum absolute atomic E-state index is 0.00487. The first-order chi connectivity index (χ1) is 13.7. The Morgan fingerprint density at radius 2 is 1.46 bits per heavy atom. The Morgan fingerprint density at radius 1 is 0.857 bits per heavy atom. The standard InChI is InChI=1S/C23H20N4O/c1-17-7-5-6-10-22(17)27-23(28)18(15-24)16-25-19-11-13-21(14-12-19)26-20-8-3-2-4-9-20/h2-14,16,25-26H,1H3,(H,27,28)/b18-16-. The first kappa shape index (κ1) is 18.7. The van der Waals surface area contributed by atoms with E-state index in [1.54, 1.807) is 6.07 Å². The van der Waals surface area contributed by atoms with E-state index >= 15 is 0 Å². The van der Waals surface area contributed by atoms with Gasteiger partial charge in [0.2, 0.25) is 0 Å². The van der Waals surface area contributed by atoms with E-state index in [0.717, 1.165) is 22.6 Å². The molecule has 138 valence electrons. The number of nitriles is 1. The summed E-state index contributed by atoms with van der Waals surface area (Å²) in [5.74, 6) is -0.452. The maximum Gasteiger partial charge on any atom is 0.267 e. The predicted octanol–water partition coefficient (Wildman–Crippen LogP) is 5.20. The normalized spacial score (nSPS) is 10.6. The van der Waals surface area contributed by atoms with Gasteiger partial charge in [0, 0.05) is 28.9 Å². The molecule has 5 heteroatoms. The molecular formula is C23H20N4O. The van der Waals surface area contributed by atoms with Crippen molar-refractivity contribution >= 4 is 28.7 Å². The monoisotopic (exact) mass is 368 g/mol. The van der Waals surface area contributed by atoms with Crippen molar-refractivity contribution in [2.24, 2.45) is 0 Å². The van der Waals surface area contributed by atoms with Gasteiger partial charge in [-0.3, -0.25) is 4.79 Å². The van der Waals surface area contributed by atoms with Crippen molar-refractivity contribution in [1.29, 1.82) is 5.26 Å². The highest BCUT2D eigenvalue weighted by Crippen LogP contribution is 2.19. The second-order valence-electron chi connectivity index (χ2n) is 6.15. The van der Waals surface area contributed by atoms with Gasteiger partial charge in [0.1, 0.15) is 11.6 Å². The van der Waals surface area contributed by atoms with Crippen LogP contribution in [0.2, 0.25) is 0 Å². The van der Waals surface area contributed by atoms with Gasteiger partial charge in [-0.25, -0.2) is 0 Å². The number of para-hydroxylation sites is 2. The van der Waals surface area contributed by atoms with E-state index in [9.17, 15) is 10.1 Å². The highest BCUT2D eigenvalue weighted by Gasteiger charge is 2.10. The molecule has 0 aliphatic carbocycles. The lowest BCUT2D eigenvalue weighted by Crippen LogP contribution is -2.15. The van der Waals surface area contributed by atoms with E-state index in [2.05, 4.69) is 16.0 Å². The average molecular weight is 368 g/mol. The number of nitrogens with one attached hydrogen (secondary N) is 3. The molecule has 0 unspecified atom stereocenters. The van der Waals surface area contributed by atoms with Crippen molar-refractivity contribution in [2.45, 2.75) is 6.92 Å². The summed E-state index contributed by atoms with van der Waals surface area (Å²) >= 11 is 0. The molecule has 0 fully saturated rings. The third kappa shape index (κ3) is 4.99. The second-order valence-corrected chi connectivity index (χ2v) is 6.15. The van der Waals surface area contributed by atoms with Crippen LogP contribution in [-0.4, -0.2) is 5.91 Å². The number of hydrogen-bond acceptors (Lipinski definition) is 4. The number of carbonyl (C=O) groups is 1. The number of aryl methyl sites for hydroxylation is 1. The van der Waals surface area contributed by atoms with Gasteiger partial charge in [-0.05, 0) is 55.0 Å². The molecule has 5 nitrogen and oxygen atoms in total. The number of nitrogens with zero attached hydrogens (tertiary/aromatic N) is 1. The number of amides is 1. The zero-order chi connectivity index (χ0) is 19.8. The van der Waals surface area contributed by atoms with Crippen molar-refractivity contribution in [3.8, 4) is 6.07 Å². The van der Waals surface area contributed by atoms with E-state index in [0.29, 0.717) is 5.69 Å². The maximum atomic E-state index is 12.3. The quantitative estimate of drug-likeness (QED) is 0.413. The Bertz CT molecular complexity index is 1020. The van der Waals surface area contributed by atoms with Crippen LogP contribution in [0, 0.1) is 18.3 Å². The molecule has 3 N–H and O–H groups in total. The molecule has 3 rings (SSSR count). The Labute approximate surface area is 164 Å². The lowest BCUT2D eigenvalue weighted by molar-refractivity contribution is -0.112. The molecule has 3 aromatic carbocycles. The summed E-state index contributed by atoms with van der Waals surface area (Å²) in [6, 6.07) is 26.8. The number of benzene rings is 3. The van der Waals surface area contributed by atoms with E-state index in [1.807, 2.05) is 85.8 Å². The number of rotatable bonds is 6. The molecule has 3 aromatic rings. The van der Waals surface area contributed by atoms with Crippen LogP contribution in [-0.2, 0) is 4.79 Å². The molecule has 0 aliphatic heterocycles. The molecule has 0 saturated heterocycles. The number of carbonyl (C=O) groups excluding carboxylic acids is 1. The van der Waals surface area contributed by atoms with Crippen LogP contribution in [0.25, 0.3) is 0 Å². The minimum Gasteiger partial charge on any atom is -0.360 e. The minimum atomic E-state index is -0.452. The van der Waals surface area contributed by atoms with Crippen molar-refractivity contribution in [3.05, 3.63) is 96.2 Å². The summed E-state index contributed by atoms with van der Waals surface area (Å²) in [5.41, 5.74) is 4.33. The molecule has 0 bridgehead atoms. The Morgan fingerprint density at radius 3 is 2.14 bits per heavy atom. The molecule has 0 atom stereocenters. The second kappa shape index (κ2) is 9.06. The van der Waals surface area contributed by atoms with Gasteiger partial charge in [-0.1, -0.05) is 36.4 Å². The average Bonchev–Trinajstić information content (AvgIpc) is 2.72. The molecule has 0 aromatic heterocycles. The van der Waals surface area contributed by atoms with Crippen LogP contribution in [0.4, 0.5) is 22.7 Å². The summed E-state index contributed by atoms with van der Waals surface area (Å²) in [6.07, 6.45) is 1.41. The Balaban J connectivity index is 1.63. The molecule has 1 amide bonds. The fourth-order valence-electron chi connectivity index (χ4n) is 2.54. The lowest BCUT2D eigenvalue weighted by atomic mass is 10.2. The summed E-state index contributed by atoms with van der Waals surface area (Å²) in [4.78, 5) is 12.3. The zero-order valence-electron chi connectivity index (χ0n) is 15.4. The van der Waals surface area contributed by atoms with Crippen LogP contribution >= 0.6 is 0 Å². The third-order valence-electron chi connectivity index (χ3n) is 4.09. The molecule has 0 heterocycles. The van der Waals surface area contributed by atoms with Gasteiger partial charge in [0.15, 0.2) is 0 Å². The van der Waals surface area contributed by atoms with E-state index in [1.165, 1.54) is 6.20 Å². The van der Waals surface area contributed by atoms with Crippen LogP contribution in [0.5, 0.6) is 0 Å². The molecule has 0 spiro atoms. The zero-order valence-corrected chi connectivity index (χ0v) is 15.4. The van der Waals surface area contributed by atoms with Crippen molar-refractivity contribution in [1.82, 2.24) is 0 Å². The Kier molecular flexibility index (Phi) is 6.06. The van der Waals surface area contributed by atoms with E-state index < -0.39 is 5.91 Å². The lowest BCUT2D eigenvalue weighted by Gasteiger charge is -2.09. The SMILES string of the molecule is Cc1ccccc1NC(=O)/C(C#N)=C\Nc1ccc(Nc2ccccc2)cc1. The van der Waals surface area contributed by atoms with E-state index in [4.69, 9.17) is 0 Å².